The van der Waals surface area contributed by atoms with E-state index < -0.39 is 17.3 Å². The van der Waals surface area contributed by atoms with Gasteiger partial charge in [-0.3, -0.25) is 4.79 Å². The minimum atomic E-state index is -4.36. The van der Waals surface area contributed by atoms with Crippen LogP contribution in [-0.2, 0) is 22.3 Å². The molecule has 0 spiro atoms. The number of aromatic nitrogens is 1. The highest BCUT2D eigenvalue weighted by atomic mass is 32.1. The number of alkyl halides is 3. The molecule has 0 radical (unpaired) electrons. The summed E-state index contributed by atoms with van der Waals surface area (Å²) < 4.78 is 43.1. The van der Waals surface area contributed by atoms with Crippen molar-refractivity contribution in [3.05, 3.63) is 40.9 Å². The van der Waals surface area contributed by atoms with Crippen LogP contribution in [0.25, 0.3) is 10.6 Å². The Morgan fingerprint density at radius 3 is 2.54 bits per heavy atom. The quantitative estimate of drug-likeness (QED) is 0.848. The maximum Gasteiger partial charge on any atom is 0.416 e. The normalized spacial score (nSPS) is 17.1. The molecule has 140 valence electrons. The summed E-state index contributed by atoms with van der Waals surface area (Å²) in [4.78, 5) is 16.6. The van der Waals surface area contributed by atoms with E-state index in [-0.39, 0.29) is 12.5 Å². The zero-order valence-electron chi connectivity index (χ0n) is 13.8. The topological polar surface area (TPSA) is 77.2 Å². The van der Waals surface area contributed by atoms with Gasteiger partial charge >= 0.3 is 6.18 Å². The van der Waals surface area contributed by atoms with Crippen molar-refractivity contribution in [2.24, 2.45) is 5.73 Å². The van der Waals surface area contributed by atoms with Crippen LogP contribution < -0.4 is 11.1 Å². The maximum atomic E-state index is 12.6. The first kappa shape index (κ1) is 18.8. The Morgan fingerprint density at radius 2 is 1.92 bits per heavy atom. The van der Waals surface area contributed by atoms with Gasteiger partial charge in [0.05, 0.1) is 23.3 Å². The molecule has 1 aliphatic heterocycles. The molecule has 0 unspecified atom stereocenters. The Kier molecular flexibility index (Phi) is 5.31. The molecule has 9 heteroatoms. The Labute approximate surface area is 152 Å². The number of halogens is 3. The summed E-state index contributed by atoms with van der Waals surface area (Å²) >= 11 is 1.31. The van der Waals surface area contributed by atoms with Crippen molar-refractivity contribution < 1.29 is 22.7 Å². The molecule has 5 nitrogen and oxygen atoms in total. The SMILES string of the molecule is NC1(C(=O)NCc2csc(-c3ccc(C(F)(F)F)cc3)n2)CCOCC1. The molecule has 1 aliphatic rings. The van der Waals surface area contributed by atoms with Gasteiger partial charge in [-0.1, -0.05) is 12.1 Å². The lowest BCUT2D eigenvalue weighted by molar-refractivity contribution is -0.137. The second kappa shape index (κ2) is 7.34. The van der Waals surface area contributed by atoms with Crippen molar-refractivity contribution >= 4 is 17.2 Å². The lowest BCUT2D eigenvalue weighted by Crippen LogP contribution is -2.56. The van der Waals surface area contributed by atoms with Crippen molar-refractivity contribution in [1.29, 1.82) is 0 Å². The Balaban J connectivity index is 1.62. The highest BCUT2D eigenvalue weighted by molar-refractivity contribution is 7.13. The molecular weight excluding hydrogens is 367 g/mol. The third-order valence-electron chi connectivity index (χ3n) is 4.28. The van der Waals surface area contributed by atoms with E-state index in [1.807, 2.05) is 0 Å². The van der Waals surface area contributed by atoms with Crippen LogP contribution in [0.2, 0.25) is 0 Å². The van der Waals surface area contributed by atoms with Crippen LogP contribution >= 0.6 is 11.3 Å². The second-order valence-electron chi connectivity index (χ2n) is 6.17. The number of benzene rings is 1. The number of thiazole rings is 1. The van der Waals surface area contributed by atoms with Crippen LogP contribution in [-0.4, -0.2) is 29.6 Å². The van der Waals surface area contributed by atoms with E-state index in [2.05, 4.69) is 10.3 Å². The number of carbonyl (C=O) groups excluding carboxylic acids is 1. The van der Waals surface area contributed by atoms with E-state index in [0.717, 1.165) is 12.1 Å². The highest BCUT2D eigenvalue weighted by Crippen LogP contribution is 2.31. The van der Waals surface area contributed by atoms with Gasteiger partial charge in [0.15, 0.2) is 0 Å². The Hall–Kier alpha value is -1.97. The molecule has 0 aliphatic carbocycles. The predicted molar refractivity (Wildman–Crippen MR) is 91.4 cm³/mol. The first-order valence-corrected chi connectivity index (χ1v) is 8.93. The summed E-state index contributed by atoms with van der Waals surface area (Å²) in [6.07, 6.45) is -3.43. The standard InChI is InChI=1S/C17H18F3N3O2S/c18-17(19,20)12-3-1-11(2-4-12)14-23-13(10-26-14)9-22-15(24)16(21)5-7-25-8-6-16/h1-4,10H,5-9,21H2,(H,22,24). The smallest absolute Gasteiger partial charge is 0.381 e. The molecule has 1 amide bonds. The average Bonchev–Trinajstić information content (AvgIpc) is 3.08. The van der Waals surface area contributed by atoms with Crippen molar-refractivity contribution in [1.82, 2.24) is 10.3 Å². The fraction of sp³-hybridized carbons (Fsp3) is 0.412. The van der Waals surface area contributed by atoms with Gasteiger partial charge in [0.2, 0.25) is 5.91 Å². The van der Waals surface area contributed by atoms with Crippen LogP contribution in [0.1, 0.15) is 24.1 Å². The number of nitrogens with two attached hydrogens (primary N) is 1. The summed E-state index contributed by atoms with van der Waals surface area (Å²) in [6.45, 7) is 1.13. The fourth-order valence-corrected chi connectivity index (χ4v) is 3.46. The van der Waals surface area contributed by atoms with Gasteiger partial charge in [0.25, 0.3) is 0 Å². The lowest BCUT2D eigenvalue weighted by Gasteiger charge is -2.31. The van der Waals surface area contributed by atoms with Crippen LogP contribution in [0.15, 0.2) is 29.6 Å². The van der Waals surface area contributed by atoms with E-state index in [9.17, 15) is 18.0 Å². The molecule has 1 aromatic heterocycles. The third-order valence-corrected chi connectivity index (χ3v) is 5.22. The largest absolute Gasteiger partial charge is 0.416 e. The van der Waals surface area contributed by atoms with Gasteiger partial charge in [0, 0.05) is 24.2 Å². The van der Waals surface area contributed by atoms with Crippen LogP contribution in [0, 0.1) is 0 Å². The number of ether oxygens (including phenoxy) is 1. The molecule has 1 aromatic carbocycles. The van der Waals surface area contributed by atoms with Crippen LogP contribution in [0.3, 0.4) is 0 Å². The fourth-order valence-electron chi connectivity index (χ4n) is 2.63. The zero-order valence-corrected chi connectivity index (χ0v) is 14.6. The van der Waals surface area contributed by atoms with Gasteiger partial charge in [-0.05, 0) is 25.0 Å². The number of nitrogens with one attached hydrogen (secondary N) is 1. The number of nitrogens with zero attached hydrogens (tertiary/aromatic N) is 1. The van der Waals surface area contributed by atoms with Gasteiger partial charge in [-0.25, -0.2) is 4.98 Å². The summed E-state index contributed by atoms with van der Waals surface area (Å²) in [5.41, 5.74) is 5.72. The average molecular weight is 385 g/mol. The monoisotopic (exact) mass is 385 g/mol. The molecule has 26 heavy (non-hydrogen) atoms. The first-order chi connectivity index (χ1) is 12.3. The maximum absolute atomic E-state index is 12.6. The van der Waals surface area contributed by atoms with E-state index in [4.69, 9.17) is 10.5 Å². The third kappa shape index (κ3) is 4.22. The van der Waals surface area contributed by atoms with Crippen LogP contribution in [0.4, 0.5) is 13.2 Å². The molecule has 0 atom stereocenters. The lowest BCUT2D eigenvalue weighted by atomic mass is 9.90. The van der Waals surface area contributed by atoms with E-state index in [1.54, 1.807) is 5.38 Å². The van der Waals surface area contributed by atoms with Crippen molar-refractivity contribution in [2.45, 2.75) is 31.1 Å². The van der Waals surface area contributed by atoms with Crippen molar-refractivity contribution in [2.75, 3.05) is 13.2 Å². The molecular formula is C17H18F3N3O2S. The Morgan fingerprint density at radius 1 is 1.27 bits per heavy atom. The molecule has 1 fully saturated rings. The van der Waals surface area contributed by atoms with Gasteiger partial charge < -0.3 is 15.8 Å². The second-order valence-corrected chi connectivity index (χ2v) is 7.03. The van der Waals surface area contributed by atoms with E-state index in [0.29, 0.717) is 42.3 Å². The number of hydrogen-bond acceptors (Lipinski definition) is 5. The minimum Gasteiger partial charge on any atom is -0.381 e. The van der Waals surface area contributed by atoms with Crippen LogP contribution in [0.5, 0.6) is 0 Å². The number of hydrogen-bond donors (Lipinski definition) is 2. The molecule has 2 aromatic rings. The predicted octanol–water partition coefficient (Wildman–Crippen LogP) is 2.95. The zero-order chi connectivity index (χ0) is 18.8. The molecule has 0 bridgehead atoms. The summed E-state index contributed by atoms with van der Waals surface area (Å²) in [5, 5.41) is 5.14. The minimum absolute atomic E-state index is 0.218. The molecule has 3 N–H and O–H groups in total. The van der Waals surface area contributed by atoms with E-state index >= 15 is 0 Å². The molecule has 0 saturated carbocycles. The number of carbonyl (C=O) groups is 1. The van der Waals surface area contributed by atoms with Gasteiger partial charge in [-0.15, -0.1) is 11.3 Å². The van der Waals surface area contributed by atoms with E-state index in [1.165, 1.54) is 23.5 Å². The summed E-state index contributed by atoms with van der Waals surface area (Å²) in [7, 11) is 0. The summed E-state index contributed by atoms with van der Waals surface area (Å²) in [6, 6.07) is 4.84. The Bertz CT molecular complexity index is 768. The first-order valence-electron chi connectivity index (χ1n) is 8.05. The van der Waals surface area contributed by atoms with Gasteiger partial charge in [0.1, 0.15) is 5.01 Å². The van der Waals surface area contributed by atoms with Gasteiger partial charge in [-0.2, -0.15) is 13.2 Å². The molecule has 3 rings (SSSR count). The molecule has 2 heterocycles. The number of rotatable bonds is 4. The number of amides is 1. The summed E-state index contributed by atoms with van der Waals surface area (Å²) in [5.74, 6) is -0.245. The van der Waals surface area contributed by atoms with Crippen molar-refractivity contribution in [3.8, 4) is 10.6 Å². The van der Waals surface area contributed by atoms with Crippen molar-refractivity contribution in [3.63, 3.8) is 0 Å². The molecule has 1 saturated heterocycles. The highest BCUT2D eigenvalue weighted by Gasteiger charge is 2.35.